The summed E-state index contributed by atoms with van der Waals surface area (Å²) in [5.74, 6) is 0.404. The van der Waals surface area contributed by atoms with Crippen LogP contribution in [-0.4, -0.2) is 40.7 Å². The van der Waals surface area contributed by atoms with Gasteiger partial charge in [0.2, 0.25) is 0 Å². The fraction of sp³-hybridized carbons (Fsp3) is 0.542. The highest BCUT2D eigenvalue weighted by Crippen LogP contribution is 2.39. The van der Waals surface area contributed by atoms with Crippen molar-refractivity contribution in [3.63, 3.8) is 0 Å². The first-order chi connectivity index (χ1) is 15.5. The van der Waals surface area contributed by atoms with Crippen LogP contribution in [0.3, 0.4) is 0 Å². The summed E-state index contributed by atoms with van der Waals surface area (Å²) < 4.78 is 7.08. The molecule has 0 amide bonds. The summed E-state index contributed by atoms with van der Waals surface area (Å²) in [5.41, 5.74) is 3.02. The smallest absolute Gasteiger partial charge is 0.341 e. The number of thiophene rings is 1. The molecule has 0 aromatic carbocycles. The molecule has 1 N–H and O–H groups in total. The minimum absolute atomic E-state index is 0.0880. The van der Waals surface area contributed by atoms with Gasteiger partial charge in [0.1, 0.15) is 5.00 Å². The number of hydrogen-bond acceptors (Lipinski definition) is 5. The Hall–Kier alpha value is -2.19. The van der Waals surface area contributed by atoms with Crippen molar-refractivity contribution in [2.75, 3.05) is 25.5 Å². The predicted octanol–water partition coefficient (Wildman–Crippen LogP) is 4.17. The van der Waals surface area contributed by atoms with Crippen LogP contribution in [-0.2, 0) is 24.1 Å². The number of carbonyl (C=O) groups excluding carboxylic acids is 1. The second-order valence-corrected chi connectivity index (χ2v) is 10.6. The Morgan fingerprint density at radius 3 is 2.78 bits per heavy atom. The lowest BCUT2D eigenvalue weighted by Gasteiger charge is -2.43. The van der Waals surface area contributed by atoms with Gasteiger partial charge in [0.05, 0.1) is 12.7 Å². The number of fused-ring (bicyclic) bond motifs is 5. The summed E-state index contributed by atoms with van der Waals surface area (Å²) in [4.78, 5) is 28.5. The maximum atomic E-state index is 12.7. The van der Waals surface area contributed by atoms with Gasteiger partial charge in [-0.2, -0.15) is 0 Å². The van der Waals surface area contributed by atoms with Crippen molar-refractivity contribution in [2.45, 2.75) is 57.4 Å². The first-order valence-electron chi connectivity index (χ1n) is 11.5. The number of nitrogens with zero attached hydrogens (tertiary/aromatic N) is 2. The molecule has 1 saturated heterocycles. The molecule has 2 atom stereocenters. The zero-order valence-corrected chi connectivity index (χ0v) is 20.0. The minimum atomic E-state index is -0.280. The minimum Gasteiger partial charge on any atom is -0.465 e. The zero-order chi connectivity index (χ0) is 22.2. The van der Waals surface area contributed by atoms with E-state index < -0.39 is 0 Å². The third-order valence-electron chi connectivity index (χ3n) is 7.05. The van der Waals surface area contributed by atoms with Crippen LogP contribution in [0.15, 0.2) is 23.0 Å². The van der Waals surface area contributed by atoms with E-state index >= 15 is 0 Å². The first-order valence-corrected chi connectivity index (χ1v) is 12.8. The molecule has 2 aromatic heterocycles. The van der Waals surface area contributed by atoms with Gasteiger partial charge in [-0.3, -0.25) is 4.79 Å². The van der Waals surface area contributed by atoms with Gasteiger partial charge in [-0.25, -0.2) is 4.79 Å². The lowest BCUT2D eigenvalue weighted by atomic mass is 9.83. The number of aromatic nitrogens is 1. The second kappa shape index (κ2) is 8.98. The number of likely N-dealkylation sites (tertiary alicyclic amines) is 1. The molecule has 0 spiro atoms. The van der Waals surface area contributed by atoms with Crippen molar-refractivity contribution in [1.82, 2.24) is 9.47 Å². The van der Waals surface area contributed by atoms with Crippen LogP contribution >= 0.6 is 23.6 Å². The van der Waals surface area contributed by atoms with Crippen LogP contribution in [0.2, 0.25) is 0 Å². The largest absolute Gasteiger partial charge is 0.465 e. The van der Waals surface area contributed by atoms with Crippen LogP contribution in [0.1, 0.15) is 64.5 Å². The average molecular weight is 472 g/mol. The predicted molar refractivity (Wildman–Crippen MR) is 131 cm³/mol. The maximum absolute atomic E-state index is 12.7. The molecule has 6 nitrogen and oxygen atoms in total. The van der Waals surface area contributed by atoms with Crippen molar-refractivity contribution < 1.29 is 9.53 Å². The molecule has 0 unspecified atom stereocenters. The maximum Gasteiger partial charge on any atom is 0.341 e. The van der Waals surface area contributed by atoms with E-state index in [0.717, 1.165) is 68.0 Å². The van der Waals surface area contributed by atoms with Gasteiger partial charge in [-0.15, -0.1) is 11.3 Å². The van der Waals surface area contributed by atoms with Crippen LogP contribution in [0.25, 0.3) is 0 Å². The number of rotatable bonds is 2. The van der Waals surface area contributed by atoms with E-state index in [1.165, 1.54) is 24.8 Å². The number of ether oxygens (including phenoxy) is 1. The van der Waals surface area contributed by atoms with Crippen molar-refractivity contribution in [3.05, 3.63) is 50.3 Å². The number of hydrogen-bond donors (Lipinski definition) is 1. The fourth-order valence-corrected chi connectivity index (χ4v) is 7.16. The molecule has 4 heterocycles. The quantitative estimate of drug-likeness (QED) is 0.524. The van der Waals surface area contributed by atoms with E-state index in [1.807, 2.05) is 10.6 Å². The molecular weight excluding hydrogens is 442 g/mol. The Morgan fingerprint density at radius 2 is 1.97 bits per heavy atom. The van der Waals surface area contributed by atoms with E-state index in [9.17, 15) is 9.59 Å². The van der Waals surface area contributed by atoms with Gasteiger partial charge < -0.3 is 19.5 Å². The Kier molecular flexibility index (Phi) is 6.07. The summed E-state index contributed by atoms with van der Waals surface area (Å²) in [7, 11) is 1.45. The van der Waals surface area contributed by atoms with E-state index in [-0.39, 0.29) is 11.5 Å². The summed E-state index contributed by atoms with van der Waals surface area (Å²) in [6.45, 7) is 2.34. The molecule has 1 fully saturated rings. The lowest BCUT2D eigenvalue weighted by molar-refractivity contribution is 0.0601. The lowest BCUT2D eigenvalue weighted by Crippen LogP contribution is -2.50. The van der Waals surface area contributed by atoms with Crippen molar-refractivity contribution in [2.24, 2.45) is 5.92 Å². The fourth-order valence-electron chi connectivity index (χ4n) is 5.56. The molecule has 5 rings (SSSR count). The number of methoxy groups -OCH3 is 1. The van der Waals surface area contributed by atoms with Gasteiger partial charge in [0.15, 0.2) is 5.11 Å². The Morgan fingerprint density at radius 1 is 1.16 bits per heavy atom. The Labute approximate surface area is 197 Å². The second-order valence-electron chi connectivity index (χ2n) is 9.15. The van der Waals surface area contributed by atoms with Gasteiger partial charge >= 0.3 is 5.97 Å². The van der Waals surface area contributed by atoms with Gasteiger partial charge in [0, 0.05) is 42.2 Å². The molecule has 1 aliphatic carbocycles. The van der Waals surface area contributed by atoms with Crippen molar-refractivity contribution in [3.8, 4) is 0 Å². The Balaban J connectivity index is 1.39. The van der Waals surface area contributed by atoms with E-state index in [0.29, 0.717) is 22.5 Å². The monoisotopic (exact) mass is 471 g/mol. The normalized spacial score (nSPS) is 22.2. The summed E-state index contributed by atoms with van der Waals surface area (Å²) in [6, 6.07) is 5.57. The molecule has 0 radical (unpaired) electrons. The highest BCUT2D eigenvalue weighted by molar-refractivity contribution is 7.80. The number of aryl methyl sites for hydroxylation is 1. The molecule has 32 heavy (non-hydrogen) atoms. The van der Waals surface area contributed by atoms with E-state index in [2.05, 4.69) is 16.3 Å². The molecular formula is C24H29N3O3S2. The molecule has 3 aliphatic rings. The van der Waals surface area contributed by atoms with Crippen molar-refractivity contribution in [1.29, 1.82) is 0 Å². The number of anilines is 1. The number of carbonyl (C=O) groups is 1. The number of pyridine rings is 1. The number of nitrogens with one attached hydrogen (secondary N) is 1. The summed E-state index contributed by atoms with van der Waals surface area (Å²) in [6.07, 6.45) is 7.73. The number of thiocarbonyl (C=S) groups is 1. The highest BCUT2D eigenvalue weighted by Gasteiger charge is 2.36. The van der Waals surface area contributed by atoms with E-state index in [1.54, 1.807) is 17.4 Å². The van der Waals surface area contributed by atoms with Crippen LogP contribution < -0.4 is 10.9 Å². The molecule has 170 valence electrons. The molecule has 2 aromatic rings. The highest BCUT2D eigenvalue weighted by atomic mass is 32.1. The topological polar surface area (TPSA) is 63.6 Å². The van der Waals surface area contributed by atoms with Crippen LogP contribution in [0.5, 0.6) is 0 Å². The standard InChI is InChI=1S/C24H29N3O3S2/c1-30-23(29)21-17-7-4-2-3-5-9-19(17)32-22(21)25-24(31)26-12-15-11-16(14-26)18-8-6-10-20(28)27(18)13-15/h6,8,10,15-16H,2-5,7,9,11-14H2,1H3,(H,25,31)/t15-,16-/m0/s1. The van der Waals surface area contributed by atoms with Crippen molar-refractivity contribution >= 4 is 39.6 Å². The first kappa shape index (κ1) is 21.6. The SMILES string of the molecule is COC(=O)c1c(NC(=S)N2C[C@@H]3C[C@@H](C2)c2cccc(=O)n2C3)sc2c1CCCCCC2. The van der Waals surface area contributed by atoms with Crippen LogP contribution in [0, 0.1) is 5.92 Å². The van der Waals surface area contributed by atoms with E-state index in [4.69, 9.17) is 17.0 Å². The molecule has 0 saturated carbocycles. The molecule has 8 heteroatoms. The average Bonchev–Trinajstić information content (AvgIpc) is 3.09. The third-order valence-corrected chi connectivity index (χ3v) is 8.62. The van der Waals surface area contributed by atoms with Crippen LogP contribution in [0.4, 0.5) is 5.00 Å². The summed E-state index contributed by atoms with van der Waals surface area (Å²) >= 11 is 7.50. The molecule has 2 aliphatic heterocycles. The van der Waals surface area contributed by atoms with Gasteiger partial charge in [0.25, 0.3) is 5.56 Å². The zero-order valence-electron chi connectivity index (χ0n) is 18.4. The molecule has 2 bridgehead atoms. The number of piperidine rings is 1. The summed E-state index contributed by atoms with van der Waals surface area (Å²) in [5, 5.41) is 4.90. The van der Waals surface area contributed by atoms with Gasteiger partial charge in [-0.1, -0.05) is 18.9 Å². The van der Waals surface area contributed by atoms with Gasteiger partial charge in [-0.05, 0) is 61.9 Å². The Bertz CT molecular complexity index is 1110. The third kappa shape index (κ3) is 3.99. The number of esters is 1.